The fraction of sp³-hybridized carbons (Fsp3) is 0.467. The molecule has 1 heterocycles. The molecule has 1 N–H and O–H groups in total. The van der Waals surface area contributed by atoms with E-state index in [4.69, 9.17) is 11.6 Å². The second kappa shape index (κ2) is 6.16. The van der Waals surface area contributed by atoms with Crippen molar-refractivity contribution in [3.63, 3.8) is 0 Å². The number of halogens is 1. The van der Waals surface area contributed by atoms with Gasteiger partial charge in [0.15, 0.2) is 0 Å². The van der Waals surface area contributed by atoms with Gasteiger partial charge in [0.05, 0.1) is 10.7 Å². The summed E-state index contributed by atoms with van der Waals surface area (Å²) in [5, 5.41) is 13.8. The van der Waals surface area contributed by atoms with Crippen LogP contribution < -0.4 is 10.2 Å². The number of carbonyl (C=O) groups excluding carboxylic acids is 2. The number of nitrogens with zero attached hydrogens (tertiary/aromatic N) is 2. The van der Waals surface area contributed by atoms with Crippen molar-refractivity contribution >= 4 is 29.1 Å². The summed E-state index contributed by atoms with van der Waals surface area (Å²) in [4.78, 5) is 36.4. The molecule has 2 aliphatic rings. The van der Waals surface area contributed by atoms with E-state index in [1.54, 1.807) is 29.2 Å². The third-order valence-corrected chi connectivity index (χ3v) is 4.58. The van der Waals surface area contributed by atoms with Gasteiger partial charge in [0, 0.05) is 17.9 Å². The molecule has 2 amide bonds. The molecule has 0 radical (unpaired) electrons. The number of benzene rings is 1. The zero-order valence-corrected chi connectivity index (χ0v) is 13.0. The van der Waals surface area contributed by atoms with Crippen molar-refractivity contribution in [1.29, 1.82) is 0 Å². The second-order valence-corrected chi connectivity index (χ2v) is 6.25. The first-order valence-electron chi connectivity index (χ1n) is 7.49. The fourth-order valence-electron chi connectivity index (χ4n) is 2.89. The molecule has 23 heavy (non-hydrogen) atoms. The van der Waals surface area contributed by atoms with Gasteiger partial charge in [-0.1, -0.05) is 23.7 Å². The summed E-state index contributed by atoms with van der Waals surface area (Å²) in [6, 6.07) is 5.58. The molecular weight excluding hydrogens is 322 g/mol. The van der Waals surface area contributed by atoms with Crippen LogP contribution in [0.5, 0.6) is 0 Å². The van der Waals surface area contributed by atoms with E-state index in [0.29, 0.717) is 23.7 Å². The highest BCUT2D eigenvalue weighted by Crippen LogP contribution is 2.34. The summed E-state index contributed by atoms with van der Waals surface area (Å²) < 4.78 is 0. The van der Waals surface area contributed by atoms with Crippen molar-refractivity contribution < 1.29 is 14.5 Å². The Morgan fingerprint density at radius 1 is 1.39 bits per heavy atom. The Morgan fingerprint density at radius 3 is 2.78 bits per heavy atom. The number of rotatable bonds is 4. The monoisotopic (exact) mass is 337 g/mol. The van der Waals surface area contributed by atoms with Crippen molar-refractivity contribution in [2.24, 2.45) is 5.92 Å². The van der Waals surface area contributed by atoms with Crippen molar-refractivity contribution in [2.75, 3.05) is 11.4 Å². The predicted octanol–water partition coefficient (Wildman–Crippen LogP) is 1.62. The quantitative estimate of drug-likeness (QED) is 0.667. The SMILES string of the molecule is O=C(N[C@@H]1CCCN(c2ccccc2Cl)C1=O)[C@@H]1C[C@@H]1[N+](=O)[O-]. The Balaban J connectivity index is 1.67. The zero-order valence-electron chi connectivity index (χ0n) is 12.3. The number of nitrogens with one attached hydrogen (secondary N) is 1. The summed E-state index contributed by atoms with van der Waals surface area (Å²) in [6.45, 7) is 0.538. The van der Waals surface area contributed by atoms with Gasteiger partial charge in [0.2, 0.25) is 17.9 Å². The van der Waals surface area contributed by atoms with E-state index in [2.05, 4.69) is 5.32 Å². The maximum atomic E-state index is 12.6. The summed E-state index contributed by atoms with van der Waals surface area (Å²) in [5.74, 6) is -1.25. The summed E-state index contributed by atoms with van der Waals surface area (Å²) in [7, 11) is 0. The lowest BCUT2D eigenvalue weighted by Gasteiger charge is -2.33. The maximum Gasteiger partial charge on any atom is 0.249 e. The van der Waals surface area contributed by atoms with Crippen LogP contribution in [0.25, 0.3) is 0 Å². The first-order chi connectivity index (χ1) is 11.0. The molecule has 1 aliphatic heterocycles. The molecule has 122 valence electrons. The first kappa shape index (κ1) is 15.7. The number of hydrogen-bond donors (Lipinski definition) is 1. The molecule has 1 aromatic rings. The molecule has 2 fully saturated rings. The maximum absolute atomic E-state index is 12.6. The van der Waals surface area contributed by atoms with E-state index >= 15 is 0 Å². The highest BCUT2D eigenvalue weighted by atomic mass is 35.5. The number of carbonyl (C=O) groups is 2. The average Bonchev–Trinajstić information content (AvgIpc) is 3.31. The molecular formula is C15H16ClN3O4. The van der Waals surface area contributed by atoms with Gasteiger partial charge in [-0.3, -0.25) is 19.7 Å². The Morgan fingerprint density at radius 2 is 2.13 bits per heavy atom. The minimum Gasteiger partial charge on any atom is -0.344 e. The van der Waals surface area contributed by atoms with Crippen LogP contribution in [0, 0.1) is 16.0 Å². The molecule has 3 atom stereocenters. The Labute approximate surface area is 137 Å². The Hall–Kier alpha value is -2.15. The number of amides is 2. The van der Waals surface area contributed by atoms with Crippen molar-refractivity contribution in [2.45, 2.75) is 31.3 Å². The number of hydrogen-bond acceptors (Lipinski definition) is 4. The summed E-state index contributed by atoms with van der Waals surface area (Å²) >= 11 is 6.13. The third kappa shape index (κ3) is 3.14. The van der Waals surface area contributed by atoms with Gasteiger partial charge < -0.3 is 10.2 Å². The smallest absolute Gasteiger partial charge is 0.249 e. The molecule has 1 saturated heterocycles. The number of nitro groups is 1. The number of para-hydroxylation sites is 1. The van der Waals surface area contributed by atoms with Gasteiger partial charge in [0.25, 0.3) is 0 Å². The van der Waals surface area contributed by atoms with Crippen LogP contribution in [-0.2, 0) is 9.59 Å². The van der Waals surface area contributed by atoms with E-state index < -0.39 is 28.8 Å². The standard InChI is InChI=1S/C15H16ClN3O4/c16-10-4-1-2-6-12(10)18-7-3-5-11(15(18)21)17-14(20)9-8-13(9)19(22)23/h1-2,4,6,9,11,13H,3,5,7-8H2,(H,17,20)/t9-,11-,13+/m1/s1. The van der Waals surface area contributed by atoms with Gasteiger partial charge in [-0.2, -0.15) is 0 Å². The van der Waals surface area contributed by atoms with Crippen molar-refractivity contribution in [3.05, 3.63) is 39.4 Å². The van der Waals surface area contributed by atoms with E-state index in [-0.39, 0.29) is 12.3 Å². The van der Waals surface area contributed by atoms with Gasteiger partial charge in [-0.05, 0) is 25.0 Å². The predicted molar refractivity (Wildman–Crippen MR) is 83.9 cm³/mol. The molecule has 1 aliphatic carbocycles. The van der Waals surface area contributed by atoms with Gasteiger partial charge in [-0.25, -0.2) is 0 Å². The minimum atomic E-state index is -0.812. The van der Waals surface area contributed by atoms with Crippen molar-refractivity contribution in [1.82, 2.24) is 5.32 Å². The van der Waals surface area contributed by atoms with Crippen LogP contribution in [0.2, 0.25) is 5.02 Å². The van der Waals surface area contributed by atoms with Gasteiger partial charge in [-0.15, -0.1) is 0 Å². The van der Waals surface area contributed by atoms with Gasteiger partial charge in [0.1, 0.15) is 12.0 Å². The van der Waals surface area contributed by atoms with Gasteiger partial charge >= 0.3 is 0 Å². The second-order valence-electron chi connectivity index (χ2n) is 5.84. The summed E-state index contributed by atoms with van der Waals surface area (Å²) in [5.41, 5.74) is 0.618. The van der Waals surface area contributed by atoms with Crippen LogP contribution in [0.4, 0.5) is 5.69 Å². The lowest BCUT2D eigenvalue weighted by Crippen LogP contribution is -2.53. The molecule has 0 spiro atoms. The van der Waals surface area contributed by atoms with E-state index in [1.165, 1.54) is 0 Å². The number of piperidine rings is 1. The van der Waals surface area contributed by atoms with Crippen LogP contribution >= 0.6 is 11.6 Å². The van der Waals surface area contributed by atoms with Crippen LogP contribution in [0.3, 0.4) is 0 Å². The molecule has 3 rings (SSSR count). The molecule has 8 heteroatoms. The first-order valence-corrected chi connectivity index (χ1v) is 7.86. The molecule has 1 saturated carbocycles. The summed E-state index contributed by atoms with van der Waals surface area (Å²) in [6.07, 6.45) is 1.50. The van der Waals surface area contributed by atoms with E-state index in [9.17, 15) is 19.7 Å². The third-order valence-electron chi connectivity index (χ3n) is 4.26. The molecule has 7 nitrogen and oxygen atoms in total. The van der Waals surface area contributed by atoms with Crippen LogP contribution in [-0.4, -0.2) is 35.4 Å². The van der Waals surface area contributed by atoms with E-state index in [1.807, 2.05) is 0 Å². The molecule has 1 aromatic carbocycles. The van der Waals surface area contributed by atoms with Crippen LogP contribution in [0.1, 0.15) is 19.3 Å². The average molecular weight is 338 g/mol. The molecule has 0 aromatic heterocycles. The van der Waals surface area contributed by atoms with Crippen molar-refractivity contribution in [3.8, 4) is 0 Å². The zero-order chi connectivity index (χ0) is 16.6. The van der Waals surface area contributed by atoms with E-state index in [0.717, 1.165) is 6.42 Å². The lowest BCUT2D eigenvalue weighted by atomic mass is 10.0. The lowest BCUT2D eigenvalue weighted by molar-refractivity contribution is -0.497. The topological polar surface area (TPSA) is 92.6 Å². The normalized spacial score (nSPS) is 26.7. The molecule has 0 unspecified atom stereocenters. The minimum absolute atomic E-state index is 0.226. The number of anilines is 1. The Kier molecular flexibility index (Phi) is 4.21. The highest BCUT2D eigenvalue weighted by Gasteiger charge is 2.54. The molecule has 0 bridgehead atoms. The van der Waals surface area contributed by atoms with Crippen LogP contribution in [0.15, 0.2) is 24.3 Å². The largest absolute Gasteiger partial charge is 0.344 e. The Bertz CT molecular complexity index is 666. The fourth-order valence-corrected chi connectivity index (χ4v) is 3.13. The highest BCUT2D eigenvalue weighted by molar-refractivity contribution is 6.33.